The summed E-state index contributed by atoms with van der Waals surface area (Å²) in [6.07, 6.45) is 0. The lowest BCUT2D eigenvalue weighted by Crippen LogP contribution is -2.05. The van der Waals surface area contributed by atoms with Crippen LogP contribution in [0.25, 0.3) is 0 Å². The molecular weight excluding hydrogens is 470 g/mol. The molecule has 0 amide bonds. The Labute approximate surface area is 194 Å². The summed E-state index contributed by atoms with van der Waals surface area (Å²) in [7, 11) is 0. The molecule has 0 bridgehead atoms. The molecule has 0 aliphatic carbocycles. The number of halogens is 1. The molecule has 0 unspecified atom stereocenters. The summed E-state index contributed by atoms with van der Waals surface area (Å²) < 4.78 is 1.06. The third kappa shape index (κ3) is 6.29. The third-order valence-electron chi connectivity index (χ3n) is 4.49. The molecule has 4 aromatic rings. The van der Waals surface area contributed by atoms with Gasteiger partial charge in [-0.15, -0.1) is 0 Å². The number of nitrogens with zero attached hydrogens (tertiary/aromatic N) is 3. The Morgan fingerprint density at radius 3 is 1.81 bits per heavy atom. The van der Waals surface area contributed by atoms with Crippen LogP contribution in [-0.2, 0) is 5.75 Å². The fourth-order valence-corrected chi connectivity index (χ4v) is 4.06. The molecule has 1 heterocycles. The fourth-order valence-electron chi connectivity index (χ4n) is 2.84. The van der Waals surface area contributed by atoms with Gasteiger partial charge in [0.1, 0.15) is 0 Å². The minimum Gasteiger partial charge on any atom is -0.324 e. The quantitative estimate of drug-likeness (QED) is 0.270. The van der Waals surface area contributed by atoms with Crippen LogP contribution in [0.5, 0.6) is 0 Å². The molecule has 0 saturated heterocycles. The maximum absolute atomic E-state index is 4.62. The van der Waals surface area contributed by atoms with Gasteiger partial charge in [-0.3, -0.25) is 0 Å². The van der Waals surface area contributed by atoms with Crippen LogP contribution < -0.4 is 10.6 Å². The highest BCUT2D eigenvalue weighted by atomic mass is 79.9. The van der Waals surface area contributed by atoms with Crippen molar-refractivity contribution in [1.29, 1.82) is 0 Å². The lowest BCUT2D eigenvalue weighted by Gasteiger charge is -2.11. The van der Waals surface area contributed by atoms with Crippen LogP contribution >= 0.6 is 27.7 Å². The highest BCUT2D eigenvalue weighted by Crippen LogP contribution is 2.25. The first-order valence-electron chi connectivity index (χ1n) is 9.84. The minimum atomic E-state index is 0.505. The van der Waals surface area contributed by atoms with E-state index in [1.165, 1.54) is 16.7 Å². The molecule has 156 valence electrons. The Kier molecular flexibility index (Phi) is 6.84. The van der Waals surface area contributed by atoms with Crippen molar-refractivity contribution in [3.8, 4) is 0 Å². The van der Waals surface area contributed by atoms with Crippen molar-refractivity contribution in [2.45, 2.75) is 24.8 Å². The van der Waals surface area contributed by atoms with Gasteiger partial charge in [-0.25, -0.2) is 0 Å². The second-order valence-corrected chi connectivity index (χ2v) is 9.02. The number of benzene rings is 3. The van der Waals surface area contributed by atoms with Crippen LogP contribution in [0, 0.1) is 13.8 Å². The normalized spacial score (nSPS) is 10.7. The number of anilines is 4. The first kappa shape index (κ1) is 21.3. The molecular formula is C24H22BrN5S. The summed E-state index contributed by atoms with van der Waals surface area (Å²) >= 11 is 5.10. The Morgan fingerprint density at radius 2 is 1.29 bits per heavy atom. The predicted molar refractivity (Wildman–Crippen MR) is 132 cm³/mol. The molecule has 1 aromatic heterocycles. The molecule has 0 aliphatic rings. The van der Waals surface area contributed by atoms with Crippen LogP contribution in [0.2, 0.25) is 0 Å². The minimum absolute atomic E-state index is 0.505. The topological polar surface area (TPSA) is 62.7 Å². The van der Waals surface area contributed by atoms with E-state index in [-0.39, 0.29) is 0 Å². The van der Waals surface area contributed by atoms with Crippen LogP contribution in [-0.4, -0.2) is 15.0 Å². The maximum Gasteiger partial charge on any atom is 0.233 e. The molecule has 31 heavy (non-hydrogen) atoms. The Morgan fingerprint density at radius 1 is 0.742 bits per heavy atom. The molecule has 0 spiro atoms. The van der Waals surface area contributed by atoms with Gasteiger partial charge in [0.15, 0.2) is 5.16 Å². The van der Waals surface area contributed by atoms with Crippen molar-refractivity contribution in [3.63, 3.8) is 0 Å². The highest BCUT2D eigenvalue weighted by Gasteiger charge is 2.09. The van der Waals surface area contributed by atoms with Crippen LogP contribution in [0.1, 0.15) is 16.7 Å². The van der Waals surface area contributed by atoms with Gasteiger partial charge >= 0.3 is 0 Å². The molecule has 2 N–H and O–H groups in total. The summed E-state index contributed by atoms with van der Waals surface area (Å²) in [5, 5.41) is 7.23. The van der Waals surface area contributed by atoms with Crippen molar-refractivity contribution >= 4 is 51.0 Å². The second kappa shape index (κ2) is 9.94. The van der Waals surface area contributed by atoms with Gasteiger partial charge < -0.3 is 10.6 Å². The molecule has 4 rings (SSSR count). The molecule has 0 saturated carbocycles. The average Bonchev–Trinajstić information content (AvgIpc) is 2.76. The molecule has 0 atom stereocenters. The number of aromatic nitrogens is 3. The number of hydrogen-bond acceptors (Lipinski definition) is 6. The van der Waals surface area contributed by atoms with Crippen LogP contribution in [0.15, 0.2) is 82.4 Å². The van der Waals surface area contributed by atoms with Crippen molar-refractivity contribution in [1.82, 2.24) is 15.0 Å². The summed E-state index contributed by atoms with van der Waals surface area (Å²) in [4.78, 5) is 13.8. The van der Waals surface area contributed by atoms with Crippen LogP contribution in [0.4, 0.5) is 23.3 Å². The zero-order valence-corrected chi connectivity index (χ0v) is 19.7. The Balaban J connectivity index is 1.58. The summed E-state index contributed by atoms with van der Waals surface area (Å²) in [6, 6.07) is 24.5. The van der Waals surface area contributed by atoms with Crippen molar-refractivity contribution < 1.29 is 0 Å². The SMILES string of the molecule is Cc1ccc(Nc2nc(Nc3ccc(C)cc3)nc(SCc3cccc(Br)c3)n2)cc1. The molecule has 3 aromatic carbocycles. The Bertz CT molecular complexity index is 1100. The number of hydrogen-bond donors (Lipinski definition) is 2. The largest absolute Gasteiger partial charge is 0.324 e. The highest BCUT2D eigenvalue weighted by molar-refractivity contribution is 9.10. The zero-order chi connectivity index (χ0) is 21.6. The number of rotatable bonds is 7. The fraction of sp³-hybridized carbons (Fsp3) is 0.125. The lowest BCUT2D eigenvalue weighted by atomic mass is 10.2. The maximum atomic E-state index is 4.62. The van der Waals surface area contributed by atoms with E-state index in [0.717, 1.165) is 21.6 Å². The van der Waals surface area contributed by atoms with Gasteiger partial charge in [0, 0.05) is 21.6 Å². The van der Waals surface area contributed by atoms with E-state index < -0.39 is 0 Å². The Hall–Kier alpha value is -2.90. The summed E-state index contributed by atoms with van der Waals surface area (Å²) in [6.45, 7) is 4.12. The zero-order valence-electron chi connectivity index (χ0n) is 17.3. The van der Waals surface area contributed by atoms with E-state index in [1.807, 2.05) is 36.4 Å². The average molecular weight is 492 g/mol. The smallest absolute Gasteiger partial charge is 0.233 e. The van der Waals surface area contributed by atoms with E-state index >= 15 is 0 Å². The van der Waals surface area contributed by atoms with E-state index in [0.29, 0.717) is 17.1 Å². The number of nitrogens with one attached hydrogen (secondary N) is 2. The molecule has 0 fully saturated rings. The van der Waals surface area contributed by atoms with E-state index in [2.05, 4.69) is 91.8 Å². The van der Waals surface area contributed by atoms with E-state index in [9.17, 15) is 0 Å². The van der Waals surface area contributed by atoms with Crippen molar-refractivity contribution in [3.05, 3.63) is 94.0 Å². The van der Waals surface area contributed by atoms with Crippen molar-refractivity contribution in [2.24, 2.45) is 0 Å². The van der Waals surface area contributed by atoms with Gasteiger partial charge in [0.25, 0.3) is 0 Å². The third-order valence-corrected chi connectivity index (χ3v) is 5.90. The first-order chi connectivity index (χ1) is 15.0. The van der Waals surface area contributed by atoms with Crippen LogP contribution in [0.3, 0.4) is 0 Å². The summed E-state index contributed by atoms with van der Waals surface area (Å²) in [5.74, 6) is 1.77. The molecule has 0 radical (unpaired) electrons. The lowest BCUT2D eigenvalue weighted by molar-refractivity contribution is 0.920. The summed E-state index contributed by atoms with van der Waals surface area (Å²) in [5.41, 5.74) is 5.46. The first-order valence-corrected chi connectivity index (χ1v) is 11.6. The monoisotopic (exact) mass is 491 g/mol. The van der Waals surface area contributed by atoms with Crippen molar-refractivity contribution in [2.75, 3.05) is 10.6 Å². The van der Waals surface area contributed by atoms with Gasteiger partial charge in [-0.1, -0.05) is 75.2 Å². The van der Waals surface area contributed by atoms with Gasteiger partial charge in [-0.05, 0) is 55.8 Å². The molecule has 0 aliphatic heterocycles. The van der Waals surface area contributed by atoms with E-state index in [1.54, 1.807) is 11.8 Å². The number of thioether (sulfide) groups is 1. The van der Waals surface area contributed by atoms with E-state index in [4.69, 9.17) is 0 Å². The molecule has 7 heteroatoms. The van der Waals surface area contributed by atoms with Gasteiger partial charge in [0.05, 0.1) is 0 Å². The second-order valence-electron chi connectivity index (χ2n) is 7.17. The predicted octanol–water partition coefficient (Wildman–Crippen LogP) is 7.03. The van der Waals surface area contributed by atoms with Gasteiger partial charge in [-0.2, -0.15) is 15.0 Å². The van der Waals surface area contributed by atoms with Gasteiger partial charge in [0.2, 0.25) is 11.9 Å². The molecule has 5 nitrogen and oxygen atoms in total. The number of aryl methyl sites for hydroxylation is 2. The standard InChI is InChI=1S/C24H22BrN5S/c1-16-6-10-20(11-7-16)26-22-28-23(27-21-12-8-17(2)9-13-21)30-24(29-22)31-15-18-4-3-5-19(25)14-18/h3-14H,15H2,1-2H3,(H2,26,27,28,29,30).